The highest BCUT2D eigenvalue weighted by molar-refractivity contribution is 6.05. The molecule has 4 heteroatoms. The first-order valence-electron chi connectivity index (χ1n) is 9.42. The van der Waals surface area contributed by atoms with Crippen molar-refractivity contribution in [2.75, 3.05) is 19.0 Å². The van der Waals surface area contributed by atoms with Crippen molar-refractivity contribution in [1.29, 1.82) is 0 Å². The molecule has 1 aliphatic rings. The normalized spacial score (nSPS) is 16.0. The number of hydrogen-bond acceptors (Lipinski definition) is 3. The lowest BCUT2D eigenvalue weighted by Gasteiger charge is -2.23. The second kappa shape index (κ2) is 7.69. The predicted molar refractivity (Wildman–Crippen MR) is 114 cm³/mol. The van der Waals surface area contributed by atoms with Gasteiger partial charge in [-0.2, -0.15) is 5.10 Å². The fourth-order valence-corrected chi connectivity index (χ4v) is 3.47. The number of rotatable bonds is 4. The first kappa shape index (κ1) is 18.0. The third kappa shape index (κ3) is 3.54. The summed E-state index contributed by atoms with van der Waals surface area (Å²) in [5.41, 5.74) is 4.86. The molecule has 0 aromatic heterocycles. The van der Waals surface area contributed by atoms with Gasteiger partial charge >= 0.3 is 0 Å². The third-order valence-electron chi connectivity index (χ3n) is 5.04. The van der Waals surface area contributed by atoms with Gasteiger partial charge in [-0.25, -0.2) is 5.01 Å². The van der Waals surface area contributed by atoms with Crippen LogP contribution in [0.3, 0.4) is 0 Å². The fraction of sp³-hybridized carbons (Fsp3) is 0.167. The Bertz CT molecular complexity index is 979. The summed E-state index contributed by atoms with van der Waals surface area (Å²) in [5.74, 6) is -0.0757. The summed E-state index contributed by atoms with van der Waals surface area (Å²) in [4.78, 5) is 15.3. The van der Waals surface area contributed by atoms with Crippen LogP contribution in [0.4, 0.5) is 5.69 Å². The van der Waals surface area contributed by atoms with E-state index in [0.29, 0.717) is 12.0 Å². The molecule has 0 radical (unpaired) electrons. The molecule has 0 saturated carbocycles. The third-order valence-corrected chi connectivity index (χ3v) is 5.04. The predicted octanol–water partition coefficient (Wildman–Crippen LogP) is 4.74. The smallest absolute Gasteiger partial charge is 0.274 e. The summed E-state index contributed by atoms with van der Waals surface area (Å²) < 4.78 is 0. The number of hydrazone groups is 1. The minimum absolute atomic E-state index is 0.0757. The highest BCUT2D eigenvalue weighted by Crippen LogP contribution is 2.34. The molecule has 0 unspecified atom stereocenters. The quantitative estimate of drug-likeness (QED) is 0.666. The van der Waals surface area contributed by atoms with Crippen molar-refractivity contribution in [3.8, 4) is 0 Å². The van der Waals surface area contributed by atoms with Crippen LogP contribution in [-0.2, 0) is 0 Å². The van der Waals surface area contributed by atoms with Crippen LogP contribution in [0.15, 0.2) is 90.0 Å². The van der Waals surface area contributed by atoms with Crippen LogP contribution < -0.4 is 4.90 Å². The van der Waals surface area contributed by atoms with E-state index in [2.05, 4.69) is 29.2 Å². The maximum Gasteiger partial charge on any atom is 0.274 e. The number of nitrogens with zero attached hydrogens (tertiary/aromatic N) is 3. The van der Waals surface area contributed by atoms with Gasteiger partial charge in [0.2, 0.25) is 0 Å². The van der Waals surface area contributed by atoms with Crippen LogP contribution in [0.1, 0.15) is 33.9 Å². The topological polar surface area (TPSA) is 35.9 Å². The highest BCUT2D eigenvalue weighted by atomic mass is 16.2. The number of benzene rings is 3. The van der Waals surface area contributed by atoms with Crippen molar-refractivity contribution in [3.05, 3.63) is 102 Å². The van der Waals surface area contributed by atoms with E-state index in [0.717, 1.165) is 22.5 Å². The molecular formula is C24H23N3O. The first-order chi connectivity index (χ1) is 13.6. The van der Waals surface area contributed by atoms with E-state index in [4.69, 9.17) is 5.10 Å². The lowest BCUT2D eigenvalue weighted by Crippen LogP contribution is -2.27. The van der Waals surface area contributed by atoms with E-state index >= 15 is 0 Å². The van der Waals surface area contributed by atoms with Crippen LogP contribution in [0.25, 0.3) is 0 Å². The Morgan fingerprint density at radius 1 is 0.893 bits per heavy atom. The summed E-state index contributed by atoms with van der Waals surface area (Å²) in [7, 11) is 4.04. The van der Waals surface area contributed by atoms with Crippen LogP contribution in [0, 0.1) is 0 Å². The van der Waals surface area contributed by atoms with E-state index < -0.39 is 0 Å². The number of anilines is 1. The Hall–Kier alpha value is -3.40. The fourth-order valence-electron chi connectivity index (χ4n) is 3.47. The molecule has 4 nitrogen and oxygen atoms in total. The van der Waals surface area contributed by atoms with Crippen molar-refractivity contribution in [1.82, 2.24) is 5.01 Å². The largest absolute Gasteiger partial charge is 0.378 e. The SMILES string of the molecule is CN(C)c1ccc([C@@H]2CC(c3ccccc3)=NN2C(=O)c2ccccc2)cc1. The van der Waals surface area contributed by atoms with Crippen LogP contribution >= 0.6 is 0 Å². The van der Waals surface area contributed by atoms with Gasteiger partial charge in [-0.15, -0.1) is 0 Å². The van der Waals surface area contributed by atoms with Crippen molar-refractivity contribution in [2.45, 2.75) is 12.5 Å². The molecule has 0 spiro atoms. The number of carbonyl (C=O) groups excluding carboxylic acids is 1. The van der Waals surface area contributed by atoms with Crippen molar-refractivity contribution in [2.24, 2.45) is 5.10 Å². The highest BCUT2D eigenvalue weighted by Gasteiger charge is 2.33. The monoisotopic (exact) mass is 369 g/mol. The van der Waals surface area contributed by atoms with Crippen molar-refractivity contribution < 1.29 is 4.79 Å². The molecule has 0 N–H and O–H groups in total. The van der Waals surface area contributed by atoms with E-state index in [-0.39, 0.29) is 11.9 Å². The van der Waals surface area contributed by atoms with Gasteiger partial charge < -0.3 is 4.90 Å². The number of hydrogen-bond donors (Lipinski definition) is 0. The van der Waals surface area contributed by atoms with Gasteiger partial charge in [0, 0.05) is 31.8 Å². The van der Waals surface area contributed by atoms with Crippen LogP contribution in [0.5, 0.6) is 0 Å². The van der Waals surface area contributed by atoms with Gasteiger partial charge in [0.15, 0.2) is 0 Å². The van der Waals surface area contributed by atoms with Gasteiger partial charge in [-0.05, 0) is 35.4 Å². The standard InChI is InChI=1S/C24H23N3O/c1-26(2)21-15-13-19(14-16-21)23-17-22(18-9-5-3-6-10-18)25-27(23)24(28)20-11-7-4-8-12-20/h3-16,23H,17H2,1-2H3/t23-/m0/s1. The Labute approximate surface area is 165 Å². The molecular weight excluding hydrogens is 346 g/mol. The molecule has 1 atom stereocenters. The zero-order chi connectivity index (χ0) is 19.5. The minimum Gasteiger partial charge on any atom is -0.378 e. The molecule has 1 aliphatic heterocycles. The van der Waals surface area contributed by atoms with Crippen molar-refractivity contribution in [3.63, 3.8) is 0 Å². The maximum atomic E-state index is 13.2. The van der Waals surface area contributed by atoms with Gasteiger partial charge in [-0.3, -0.25) is 4.79 Å². The Balaban J connectivity index is 1.70. The molecule has 3 aromatic rings. The van der Waals surface area contributed by atoms with E-state index in [1.807, 2.05) is 74.8 Å². The Kier molecular flexibility index (Phi) is 4.94. The molecule has 0 saturated heterocycles. The zero-order valence-electron chi connectivity index (χ0n) is 16.1. The molecule has 140 valence electrons. The van der Waals surface area contributed by atoms with E-state index in [1.54, 1.807) is 5.01 Å². The molecule has 3 aromatic carbocycles. The molecule has 28 heavy (non-hydrogen) atoms. The summed E-state index contributed by atoms with van der Waals surface area (Å²) in [5, 5.41) is 6.38. The van der Waals surface area contributed by atoms with Crippen molar-refractivity contribution >= 4 is 17.3 Å². The molecule has 4 rings (SSSR count). The van der Waals surface area contributed by atoms with Gasteiger partial charge in [0.1, 0.15) is 0 Å². The van der Waals surface area contributed by atoms with E-state index in [9.17, 15) is 4.79 Å². The van der Waals surface area contributed by atoms with E-state index in [1.165, 1.54) is 0 Å². The van der Waals surface area contributed by atoms with Gasteiger partial charge in [0.25, 0.3) is 5.91 Å². The second-order valence-electron chi connectivity index (χ2n) is 7.13. The molecule has 0 fully saturated rings. The summed E-state index contributed by atoms with van der Waals surface area (Å²) in [6.07, 6.45) is 0.698. The summed E-state index contributed by atoms with van der Waals surface area (Å²) in [6, 6.07) is 27.7. The molecule has 1 heterocycles. The molecule has 0 bridgehead atoms. The lowest BCUT2D eigenvalue weighted by atomic mass is 9.98. The zero-order valence-corrected chi connectivity index (χ0v) is 16.1. The first-order valence-corrected chi connectivity index (χ1v) is 9.42. The second-order valence-corrected chi connectivity index (χ2v) is 7.13. The number of carbonyl (C=O) groups is 1. The average molecular weight is 369 g/mol. The van der Waals surface area contributed by atoms with Gasteiger partial charge in [-0.1, -0.05) is 60.7 Å². The molecule has 1 amide bonds. The molecule has 0 aliphatic carbocycles. The lowest BCUT2D eigenvalue weighted by molar-refractivity contribution is 0.0711. The van der Waals surface area contributed by atoms with Gasteiger partial charge in [0.05, 0.1) is 11.8 Å². The minimum atomic E-state index is -0.112. The Morgan fingerprint density at radius 3 is 2.11 bits per heavy atom. The summed E-state index contributed by atoms with van der Waals surface area (Å²) >= 11 is 0. The number of amides is 1. The maximum absolute atomic E-state index is 13.2. The van der Waals surface area contributed by atoms with Crippen LogP contribution in [0.2, 0.25) is 0 Å². The average Bonchev–Trinajstić information content (AvgIpc) is 3.20. The van der Waals surface area contributed by atoms with Crippen LogP contribution in [-0.4, -0.2) is 30.7 Å². The summed E-state index contributed by atoms with van der Waals surface area (Å²) in [6.45, 7) is 0. The Morgan fingerprint density at radius 2 is 1.50 bits per heavy atom.